The third kappa shape index (κ3) is 6.39. The highest BCUT2D eigenvalue weighted by Gasteiger charge is 2.32. The van der Waals surface area contributed by atoms with E-state index in [1.165, 1.54) is 19.3 Å². The highest BCUT2D eigenvalue weighted by atomic mass is 16.5. The molecule has 112 valence electrons. The summed E-state index contributed by atoms with van der Waals surface area (Å²) in [6, 6.07) is 0.507. The highest BCUT2D eigenvalue weighted by molar-refractivity contribution is 5.76. The quantitative estimate of drug-likeness (QED) is 0.617. The average molecular weight is 270 g/mol. The van der Waals surface area contributed by atoms with Crippen molar-refractivity contribution in [2.75, 3.05) is 26.2 Å². The van der Waals surface area contributed by atoms with Crippen molar-refractivity contribution in [3.05, 3.63) is 0 Å². The van der Waals surface area contributed by atoms with Crippen molar-refractivity contribution in [3.8, 4) is 0 Å². The van der Waals surface area contributed by atoms with Gasteiger partial charge in [0.2, 0.25) is 0 Å². The van der Waals surface area contributed by atoms with Gasteiger partial charge in [-0.1, -0.05) is 20.8 Å². The van der Waals surface area contributed by atoms with Crippen LogP contribution >= 0.6 is 0 Å². The van der Waals surface area contributed by atoms with Crippen LogP contribution in [0.3, 0.4) is 0 Å². The maximum Gasteiger partial charge on any atom is 0.324 e. The molecular weight excluding hydrogens is 240 g/mol. The molecule has 0 aliphatic heterocycles. The van der Waals surface area contributed by atoms with Crippen LogP contribution in [-0.2, 0) is 9.53 Å². The fourth-order valence-corrected chi connectivity index (χ4v) is 2.23. The van der Waals surface area contributed by atoms with E-state index in [0.717, 1.165) is 19.6 Å². The lowest BCUT2D eigenvalue weighted by atomic mass is 10.1. The number of rotatable bonds is 10. The molecular formula is C15H30N2O2. The largest absolute Gasteiger partial charge is 0.465 e. The summed E-state index contributed by atoms with van der Waals surface area (Å²) in [7, 11) is 0. The molecule has 0 heterocycles. The van der Waals surface area contributed by atoms with Crippen molar-refractivity contribution in [1.82, 2.24) is 10.2 Å². The molecule has 1 aliphatic rings. The lowest BCUT2D eigenvalue weighted by Gasteiger charge is -2.27. The van der Waals surface area contributed by atoms with Crippen LogP contribution in [0, 0.1) is 5.92 Å². The monoisotopic (exact) mass is 270 g/mol. The van der Waals surface area contributed by atoms with E-state index in [-0.39, 0.29) is 12.0 Å². The number of carbonyl (C=O) groups is 1. The SMILES string of the molecule is CCNC(CN(CCC(C)C)C1CC1)C(=O)OCC. The van der Waals surface area contributed by atoms with Gasteiger partial charge in [0.15, 0.2) is 0 Å². The van der Waals surface area contributed by atoms with Crippen LogP contribution in [0.15, 0.2) is 0 Å². The first-order valence-electron chi connectivity index (χ1n) is 7.72. The zero-order valence-electron chi connectivity index (χ0n) is 12.9. The van der Waals surface area contributed by atoms with Gasteiger partial charge in [-0.3, -0.25) is 9.69 Å². The smallest absolute Gasteiger partial charge is 0.324 e. The van der Waals surface area contributed by atoms with Gasteiger partial charge in [0.25, 0.3) is 0 Å². The van der Waals surface area contributed by atoms with Gasteiger partial charge in [-0.25, -0.2) is 0 Å². The summed E-state index contributed by atoms with van der Waals surface area (Å²) < 4.78 is 5.16. The molecule has 1 N–H and O–H groups in total. The molecule has 1 fully saturated rings. The number of hydrogen-bond acceptors (Lipinski definition) is 4. The maximum absolute atomic E-state index is 11.9. The van der Waals surface area contributed by atoms with E-state index >= 15 is 0 Å². The summed E-state index contributed by atoms with van der Waals surface area (Å²) in [4.78, 5) is 14.4. The number of likely N-dealkylation sites (N-methyl/N-ethyl adjacent to an activating group) is 1. The van der Waals surface area contributed by atoms with Gasteiger partial charge in [-0.05, 0) is 45.2 Å². The molecule has 4 nitrogen and oxygen atoms in total. The van der Waals surface area contributed by atoms with Crippen molar-refractivity contribution in [2.45, 2.75) is 59.0 Å². The maximum atomic E-state index is 11.9. The number of nitrogens with zero attached hydrogens (tertiary/aromatic N) is 1. The minimum atomic E-state index is -0.183. The van der Waals surface area contributed by atoms with Gasteiger partial charge < -0.3 is 10.1 Å². The van der Waals surface area contributed by atoms with E-state index < -0.39 is 0 Å². The summed E-state index contributed by atoms with van der Waals surface area (Å²) in [5.74, 6) is 0.598. The Morgan fingerprint density at radius 3 is 2.53 bits per heavy atom. The van der Waals surface area contributed by atoms with Crippen LogP contribution in [-0.4, -0.2) is 49.2 Å². The van der Waals surface area contributed by atoms with E-state index in [1.807, 2.05) is 13.8 Å². The Bertz CT molecular complexity index is 265. The molecule has 1 aliphatic carbocycles. The highest BCUT2D eigenvalue weighted by Crippen LogP contribution is 2.27. The molecule has 0 aromatic heterocycles. The van der Waals surface area contributed by atoms with Crippen LogP contribution in [0.1, 0.15) is 47.0 Å². The second-order valence-electron chi connectivity index (χ2n) is 5.77. The Hall–Kier alpha value is -0.610. The molecule has 19 heavy (non-hydrogen) atoms. The average Bonchev–Trinajstić information content (AvgIpc) is 3.17. The molecule has 1 saturated carbocycles. The number of hydrogen-bond donors (Lipinski definition) is 1. The lowest BCUT2D eigenvalue weighted by molar-refractivity contribution is -0.146. The molecule has 4 heteroatoms. The standard InChI is InChI=1S/C15H30N2O2/c1-5-16-14(15(18)19-6-2)11-17(13-7-8-13)10-9-12(3)4/h12-14,16H,5-11H2,1-4H3. The Kier molecular flexibility index (Phi) is 7.39. The minimum absolute atomic E-state index is 0.112. The summed E-state index contributed by atoms with van der Waals surface area (Å²) >= 11 is 0. The normalized spacial score (nSPS) is 16.9. The first-order chi connectivity index (χ1) is 9.08. The van der Waals surface area contributed by atoms with E-state index in [1.54, 1.807) is 0 Å². The van der Waals surface area contributed by atoms with Gasteiger partial charge in [-0.15, -0.1) is 0 Å². The third-order valence-electron chi connectivity index (χ3n) is 3.50. The molecule has 0 saturated heterocycles. The van der Waals surface area contributed by atoms with Crippen LogP contribution in [0.5, 0.6) is 0 Å². The Morgan fingerprint density at radius 2 is 2.05 bits per heavy atom. The van der Waals surface area contributed by atoms with Crippen molar-refractivity contribution in [2.24, 2.45) is 5.92 Å². The second-order valence-corrected chi connectivity index (χ2v) is 5.77. The Morgan fingerprint density at radius 1 is 1.37 bits per heavy atom. The Labute approximate surface area is 117 Å². The van der Waals surface area contributed by atoms with Crippen molar-refractivity contribution in [3.63, 3.8) is 0 Å². The van der Waals surface area contributed by atoms with E-state index in [4.69, 9.17) is 4.74 Å². The molecule has 0 radical (unpaired) electrons. The van der Waals surface area contributed by atoms with E-state index in [0.29, 0.717) is 18.6 Å². The van der Waals surface area contributed by atoms with Crippen LogP contribution in [0.2, 0.25) is 0 Å². The third-order valence-corrected chi connectivity index (χ3v) is 3.50. The molecule has 1 rings (SSSR count). The van der Waals surface area contributed by atoms with Crippen LogP contribution < -0.4 is 5.32 Å². The molecule has 0 aromatic rings. The number of ether oxygens (including phenoxy) is 1. The second kappa shape index (κ2) is 8.54. The van der Waals surface area contributed by atoms with Crippen LogP contribution in [0.25, 0.3) is 0 Å². The topological polar surface area (TPSA) is 41.6 Å². The van der Waals surface area contributed by atoms with E-state index in [2.05, 4.69) is 24.1 Å². The van der Waals surface area contributed by atoms with Gasteiger partial charge in [0.05, 0.1) is 6.61 Å². The molecule has 0 aromatic carbocycles. The predicted octanol–water partition coefficient (Wildman–Crippen LogP) is 2.04. The zero-order valence-corrected chi connectivity index (χ0v) is 12.9. The summed E-state index contributed by atoms with van der Waals surface area (Å²) in [5.41, 5.74) is 0. The molecule has 0 amide bonds. The van der Waals surface area contributed by atoms with Crippen molar-refractivity contribution in [1.29, 1.82) is 0 Å². The van der Waals surface area contributed by atoms with E-state index in [9.17, 15) is 4.79 Å². The first kappa shape index (κ1) is 16.4. The summed E-state index contributed by atoms with van der Waals surface area (Å²) in [6.07, 6.45) is 3.75. The first-order valence-corrected chi connectivity index (χ1v) is 7.72. The van der Waals surface area contributed by atoms with Gasteiger partial charge in [-0.2, -0.15) is 0 Å². The Balaban J connectivity index is 2.49. The minimum Gasteiger partial charge on any atom is -0.465 e. The summed E-state index contributed by atoms with van der Waals surface area (Å²) in [5, 5.41) is 3.25. The summed E-state index contributed by atoms with van der Waals surface area (Å²) in [6.45, 7) is 11.5. The molecule has 0 spiro atoms. The fraction of sp³-hybridized carbons (Fsp3) is 0.933. The molecule has 1 atom stereocenters. The number of carbonyl (C=O) groups excluding carboxylic acids is 1. The number of nitrogens with one attached hydrogen (secondary N) is 1. The number of esters is 1. The molecule has 1 unspecified atom stereocenters. The fourth-order valence-electron chi connectivity index (χ4n) is 2.23. The lowest BCUT2D eigenvalue weighted by Crippen LogP contribution is -2.48. The van der Waals surface area contributed by atoms with Crippen molar-refractivity contribution >= 4 is 5.97 Å². The predicted molar refractivity (Wildman–Crippen MR) is 78.1 cm³/mol. The zero-order chi connectivity index (χ0) is 14.3. The van der Waals surface area contributed by atoms with Gasteiger partial charge in [0, 0.05) is 12.6 Å². The van der Waals surface area contributed by atoms with Gasteiger partial charge in [0.1, 0.15) is 6.04 Å². The van der Waals surface area contributed by atoms with Gasteiger partial charge >= 0.3 is 5.97 Å². The van der Waals surface area contributed by atoms with Crippen molar-refractivity contribution < 1.29 is 9.53 Å². The van der Waals surface area contributed by atoms with Crippen LogP contribution in [0.4, 0.5) is 0 Å². The molecule has 0 bridgehead atoms.